The second-order valence-electron chi connectivity index (χ2n) is 7.81. The van der Waals surface area contributed by atoms with Gasteiger partial charge >= 0.3 is 0 Å². The van der Waals surface area contributed by atoms with E-state index in [4.69, 9.17) is 0 Å². The van der Waals surface area contributed by atoms with Crippen LogP contribution >= 0.6 is 0 Å². The van der Waals surface area contributed by atoms with Crippen molar-refractivity contribution >= 4 is 34.6 Å². The first-order valence-corrected chi connectivity index (χ1v) is 9.84. The molecular formula is C23H25N5O2. The average Bonchev–Trinajstić information content (AvgIpc) is 3.02. The first-order valence-electron chi connectivity index (χ1n) is 9.84. The molecule has 0 atom stereocenters. The Morgan fingerprint density at radius 3 is 2.93 bits per heavy atom. The van der Waals surface area contributed by atoms with Gasteiger partial charge in [0.2, 0.25) is 11.8 Å². The van der Waals surface area contributed by atoms with Crippen molar-refractivity contribution in [1.29, 1.82) is 0 Å². The van der Waals surface area contributed by atoms with Crippen LogP contribution in [0.1, 0.15) is 16.7 Å². The van der Waals surface area contributed by atoms with Gasteiger partial charge in [0.25, 0.3) is 0 Å². The molecule has 30 heavy (non-hydrogen) atoms. The Morgan fingerprint density at radius 1 is 1.27 bits per heavy atom. The maximum Gasteiger partial charge on any atom is 0.246 e. The van der Waals surface area contributed by atoms with Crippen LogP contribution in [0, 0.1) is 0 Å². The topological polar surface area (TPSA) is 70.5 Å². The van der Waals surface area contributed by atoms with E-state index in [9.17, 15) is 9.59 Å². The minimum absolute atomic E-state index is 0.0721. The molecule has 0 saturated carbocycles. The highest BCUT2D eigenvalue weighted by atomic mass is 16.2. The molecule has 0 fully saturated rings. The zero-order chi connectivity index (χ0) is 21.3. The maximum atomic E-state index is 12.7. The molecule has 0 aliphatic carbocycles. The number of hydrogen-bond acceptors (Lipinski definition) is 4. The molecule has 0 bridgehead atoms. The predicted octanol–water partition coefficient (Wildman–Crippen LogP) is 2.63. The number of aromatic nitrogens is 2. The third-order valence-electron chi connectivity index (χ3n) is 5.28. The molecule has 3 heterocycles. The largest absolute Gasteiger partial charge is 0.350 e. The van der Waals surface area contributed by atoms with Gasteiger partial charge in [-0.1, -0.05) is 18.2 Å². The molecule has 0 unspecified atom stereocenters. The molecule has 7 nitrogen and oxygen atoms in total. The number of carbonyl (C=O) groups excluding carboxylic acids is 2. The van der Waals surface area contributed by atoms with E-state index in [2.05, 4.69) is 33.1 Å². The smallest absolute Gasteiger partial charge is 0.246 e. The summed E-state index contributed by atoms with van der Waals surface area (Å²) in [4.78, 5) is 32.5. The number of amides is 2. The van der Waals surface area contributed by atoms with Crippen molar-refractivity contribution in [2.24, 2.45) is 7.05 Å². The predicted molar refractivity (Wildman–Crippen MR) is 118 cm³/mol. The van der Waals surface area contributed by atoms with Gasteiger partial charge in [0.05, 0.1) is 12.1 Å². The Balaban J connectivity index is 1.48. The fourth-order valence-electron chi connectivity index (χ4n) is 3.81. The van der Waals surface area contributed by atoms with Gasteiger partial charge in [-0.15, -0.1) is 0 Å². The highest BCUT2D eigenvalue weighted by Crippen LogP contribution is 2.21. The molecule has 3 aromatic rings. The summed E-state index contributed by atoms with van der Waals surface area (Å²) in [6.45, 7) is 1.48. The summed E-state index contributed by atoms with van der Waals surface area (Å²) in [6, 6.07) is 10.2. The lowest BCUT2D eigenvalue weighted by Crippen LogP contribution is -2.26. The number of fused-ring (bicyclic) bond motifs is 2. The van der Waals surface area contributed by atoms with Crippen LogP contribution in [0.4, 0.5) is 5.82 Å². The van der Waals surface area contributed by atoms with Gasteiger partial charge in [0.15, 0.2) is 0 Å². The molecule has 7 heteroatoms. The summed E-state index contributed by atoms with van der Waals surface area (Å²) >= 11 is 0. The van der Waals surface area contributed by atoms with Gasteiger partial charge in [-0.3, -0.25) is 14.5 Å². The molecule has 154 valence electrons. The van der Waals surface area contributed by atoms with E-state index in [1.54, 1.807) is 30.3 Å². The number of carbonyl (C=O) groups is 2. The number of rotatable bonds is 4. The third kappa shape index (κ3) is 4.11. The normalized spacial score (nSPS) is 14.6. The summed E-state index contributed by atoms with van der Waals surface area (Å²) in [5, 5.41) is 3.98. The van der Waals surface area contributed by atoms with Crippen LogP contribution in [0.3, 0.4) is 0 Å². The van der Waals surface area contributed by atoms with Crippen LogP contribution in [0.25, 0.3) is 17.0 Å². The average molecular weight is 403 g/mol. The molecule has 1 aliphatic rings. The van der Waals surface area contributed by atoms with Crippen molar-refractivity contribution in [1.82, 2.24) is 19.4 Å². The molecule has 1 aromatic carbocycles. The minimum Gasteiger partial charge on any atom is -0.350 e. The highest BCUT2D eigenvalue weighted by Gasteiger charge is 2.17. The fourth-order valence-corrected chi connectivity index (χ4v) is 3.81. The standard InChI is InChI=1S/C23H25N5O2/c1-26-13-19-11-16(12-24-23(19)25-20(29)15-26)7-8-21(30)28(3)14-18-6-4-5-17-9-10-27(2)22(17)18/h4-12H,13-15H2,1-3H3,(H,24,25,29)/b8-7+. The number of benzene rings is 1. The van der Waals surface area contributed by atoms with Gasteiger partial charge in [0, 0.05) is 51.2 Å². The Bertz CT molecular complexity index is 1150. The summed E-state index contributed by atoms with van der Waals surface area (Å²) in [7, 11) is 5.70. The van der Waals surface area contributed by atoms with Crippen LogP contribution in [-0.2, 0) is 29.7 Å². The van der Waals surface area contributed by atoms with Crippen LogP contribution in [0.15, 0.2) is 48.8 Å². The summed E-state index contributed by atoms with van der Waals surface area (Å²) in [6.07, 6.45) is 7.02. The van der Waals surface area contributed by atoms with Gasteiger partial charge in [-0.2, -0.15) is 0 Å². The minimum atomic E-state index is -0.0819. The first kappa shape index (κ1) is 19.8. The summed E-state index contributed by atoms with van der Waals surface area (Å²) < 4.78 is 2.08. The van der Waals surface area contributed by atoms with E-state index in [1.807, 2.05) is 37.3 Å². The van der Waals surface area contributed by atoms with Crippen LogP contribution < -0.4 is 5.32 Å². The molecular weight excluding hydrogens is 378 g/mol. The summed E-state index contributed by atoms with van der Waals surface area (Å²) in [5.41, 5.74) is 4.00. The van der Waals surface area contributed by atoms with Gasteiger partial charge in [0.1, 0.15) is 5.82 Å². The highest BCUT2D eigenvalue weighted by molar-refractivity contribution is 5.94. The molecule has 2 amide bonds. The van der Waals surface area contributed by atoms with E-state index in [0.717, 1.165) is 22.2 Å². The first-order chi connectivity index (χ1) is 14.4. The quantitative estimate of drug-likeness (QED) is 0.680. The lowest BCUT2D eigenvalue weighted by atomic mass is 10.1. The van der Waals surface area contributed by atoms with Crippen LogP contribution in [0.2, 0.25) is 0 Å². The molecule has 0 radical (unpaired) electrons. The Morgan fingerprint density at radius 2 is 2.10 bits per heavy atom. The van der Waals surface area contributed by atoms with Gasteiger partial charge < -0.3 is 14.8 Å². The second-order valence-corrected chi connectivity index (χ2v) is 7.81. The SMILES string of the molecule is CN1CC(=O)Nc2ncc(/C=C/C(=O)N(C)Cc3cccc4ccn(C)c34)cc2C1. The van der Waals surface area contributed by atoms with Crippen molar-refractivity contribution in [2.45, 2.75) is 13.1 Å². The Kier molecular flexibility index (Phi) is 5.37. The molecule has 0 saturated heterocycles. The molecule has 1 N–H and O–H groups in total. The molecule has 1 aliphatic heterocycles. The number of aryl methyl sites for hydroxylation is 1. The number of anilines is 1. The lowest BCUT2D eigenvalue weighted by Gasteiger charge is -2.16. The fraction of sp³-hybridized carbons (Fsp3) is 0.261. The van der Waals surface area contributed by atoms with E-state index < -0.39 is 0 Å². The number of nitrogens with one attached hydrogen (secondary N) is 1. The van der Waals surface area contributed by atoms with Crippen LogP contribution in [-0.4, -0.2) is 51.8 Å². The van der Waals surface area contributed by atoms with Crippen molar-refractivity contribution in [3.8, 4) is 0 Å². The molecule has 4 rings (SSSR count). The number of likely N-dealkylation sites (N-methyl/N-ethyl adjacent to an activating group) is 2. The third-order valence-corrected chi connectivity index (χ3v) is 5.28. The number of nitrogens with zero attached hydrogens (tertiary/aromatic N) is 4. The van der Waals surface area contributed by atoms with E-state index >= 15 is 0 Å². The van der Waals surface area contributed by atoms with Crippen molar-refractivity contribution in [2.75, 3.05) is 26.0 Å². The zero-order valence-corrected chi connectivity index (χ0v) is 17.4. The van der Waals surface area contributed by atoms with Gasteiger partial charge in [-0.25, -0.2) is 4.98 Å². The number of para-hydroxylation sites is 1. The van der Waals surface area contributed by atoms with Crippen molar-refractivity contribution in [3.05, 3.63) is 65.5 Å². The van der Waals surface area contributed by atoms with Gasteiger partial charge in [-0.05, 0) is 41.8 Å². The zero-order valence-electron chi connectivity index (χ0n) is 17.4. The lowest BCUT2D eigenvalue weighted by molar-refractivity contribution is -0.125. The number of pyridine rings is 1. The number of hydrogen-bond donors (Lipinski definition) is 1. The Labute approximate surface area is 175 Å². The van der Waals surface area contributed by atoms with E-state index in [1.165, 1.54) is 5.39 Å². The Hall–Kier alpha value is -3.45. The molecule has 2 aromatic heterocycles. The van der Waals surface area contributed by atoms with Crippen LogP contribution in [0.5, 0.6) is 0 Å². The van der Waals surface area contributed by atoms with E-state index in [-0.39, 0.29) is 11.8 Å². The molecule has 0 spiro atoms. The second kappa shape index (κ2) is 8.12. The monoisotopic (exact) mass is 403 g/mol. The summed E-state index contributed by atoms with van der Waals surface area (Å²) in [5.74, 6) is 0.430. The van der Waals surface area contributed by atoms with Crippen molar-refractivity contribution in [3.63, 3.8) is 0 Å². The van der Waals surface area contributed by atoms with E-state index in [0.29, 0.717) is 25.5 Å². The maximum absolute atomic E-state index is 12.7. The van der Waals surface area contributed by atoms with Crippen molar-refractivity contribution < 1.29 is 9.59 Å².